The molecule has 1 aromatic heterocycles. The van der Waals surface area contributed by atoms with E-state index < -0.39 is 4.92 Å². The standard InChI is InChI=1S/C13H15N3O4/c1-15-6-5-14-13(15)4-7-20-12-8-10(9-17)2-3-11(12)16(18)19/h2-3,5-6,8,17H,4,7,9H2,1H3. The molecule has 2 rings (SSSR count). The number of nitro groups is 1. The molecule has 7 heteroatoms. The van der Waals surface area contributed by atoms with Crippen LogP contribution < -0.4 is 4.74 Å². The topological polar surface area (TPSA) is 90.4 Å². The number of rotatable bonds is 6. The Bertz CT molecular complexity index is 609. The summed E-state index contributed by atoms with van der Waals surface area (Å²) in [6, 6.07) is 4.32. The summed E-state index contributed by atoms with van der Waals surface area (Å²) >= 11 is 0. The van der Waals surface area contributed by atoms with Gasteiger partial charge in [0, 0.05) is 31.9 Å². The fourth-order valence-electron chi connectivity index (χ4n) is 1.81. The van der Waals surface area contributed by atoms with Gasteiger partial charge < -0.3 is 14.4 Å². The summed E-state index contributed by atoms with van der Waals surface area (Å²) < 4.78 is 7.33. The van der Waals surface area contributed by atoms with Gasteiger partial charge in [0.1, 0.15) is 5.82 Å². The minimum absolute atomic E-state index is 0.109. The lowest BCUT2D eigenvalue weighted by atomic mass is 10.2. The van der Waals surface area contributed by atoms with E-state index in [1.807, 2.05) is 17.8 Å². The minimum Gasteiger partial charge on any atom is -0.486 e. The zero-order valence-corrected chi connectivity index (χ0v) is 11.0. The summed E-state index contributed by atoms with van der Waals surface area (Å²) in [4.78, 5) is 14.6. The molecule has 0 spiro atoms. The van der Waals surface area contributed by atoms with Gasteiger partial charge in [-0.3, -0.25) is 10.1 Å². The number of aliphatic hydroxyl groups excluding tert-OH is 1. The van der Waals surface area contributed by atoms with Crippen molar-refractivity contribution in [1.82, 2.24) is 9.55 Å². The molecule has 0 fully saturated rings. The number of benzene rings is 1. The average Bonchev–Trinajstić information content (AvgIpc) is 2.84. The number of imidazole rings is 1. The van der Waals surface area contributed by atoms with Crippen LogP contribution in [0, 0.1) is 10.1 Å². The molecule has 0 saturated carbocycles. The van der Waals surface area contributed by atoms with Crippen LogP contribution in [0.25, 0.3) is 0 Å². The second-order valence-corrected chi connectivity index (χ2v) is 4.27. The second-order valence-electron chi connectivity index (χ2n) is 4.27. The Hall–Kier alpha value is -2.41. The highest BCUT2D eigenvalue weighted by Crippen LogP contribution is 2.28. The van der Waals surface area contributed by atoms with E-state index in [-0.39, 0.29) is 24.7 Å². The Balaban J connectivity index is 2.07. The third-order valence-corrected chi connectivity index (χ3v) is 2.91. The summed E-state index contributed by atoms with van der Waals surface area (Å²) in [5.74, 6) is 1.00. The average molecular weight is 277 g/mol. The van der Waals surface area contributed by atoms with Crippen LogP contribution in [-0.2, 0) is 20.1 Å². The Morgan fingerprint density at radius 3 is 2.90 bits per heavy atom. The number of hydrogen-bond donors (Lipinski definition) is 1. The molecule has 7 nitrogen and oxygen atoms in total. The summed E-state index contributed by atoms with van der Waals surface area (Å²) in [7, 11) is 1.87. The molecule has 1 N–H and O–H groups in total. The van der Waals surface area contributed by atoms with Crippen molar-refractivity contribution in [2.75, 3.05) is 6.61 Å². The molecule has 0 atom stereocenters. The van der Waals surface area contributed by atoms with Gasteiger partial charge in [0.05, 0.1) is 18.1 Å². The van der Waals surface area contributed by atoms with Crippen molar-refractivity contribution in [2.45, 2.75) is 13.0 Å². The quantitative estimate of drug-likeness (QED) is 0.637. The summed E-state index contributed by atoms with van der Waals surface area (Å²) in [5.41, 5.74) is 0.463. The zero-order valence-electron chi connectivity index (χ0n) is 11.0. The van der Waals surface area contributed by atoms with Crippen LogP contribution in [0.15, 0.2) is 30.6 Å². The first-order chi connectivity index (χ1) is 9.61. The van der Waals surface area contributed by atoms with Crippen LogP contribution >= 0.6 is 0 Å². The minimum atomic E-state index is -0.503. The molecule has 0 saturated heterocycles. The van der Waals surface area contributed by atoms with Gasteiger partial charge in [0.2, 0.25) is 0 Å². The normalized spacial score (nSPS) is 10.5. The fraction of sp³-hybridized carbons (Fsp3) is 0.308. The van der Waals surface area contributed by atoms with Gasteiger partial charge in [-0.25, -0.2) is 4.98 Å². The van der Waals surface area contributed by atoms with Crippen molar-refractivity contribution in [3.63, 3.8) is 0 Å². The number of hydrogen-bond acceptors (Lipinski definition) is 5. The predicted molar refractivity (Wildman–Crippen MR) is 71.4 cm³/mol. The number of aliphatic hydroxyl groups is 1. The fourth-order valence-corrected chi connectivity index (χ4v) is 1.81. The molecule has 0 aliphatic heterocycles. The van der Waals surface area contributed by atoms with Crippen LogP contribution in [-0.4, -0.2) is 26.2 Å². The lowest BCUT2D eigenvalue weighted by molar-refractivity contribution is -0.385. The first kappa shape index (κ1) is 14.0. The van der Waals surface area contributed by atoms with Gasteiger partial charge in [-0.1, -0.05) is 0 Å². The third-order valence-electron chi connectivity index (χ3n) is 2.91. The maximum Gasteiger partial charge on any atom is 0.310 e. The highest BCUT2D eigenvalue weighted by Gasteiger charge is 2.15. The SMILES string of the molecule is Cn1ccnc1CCOc1cc(CO)ccc1[N+](=O)[O-]. The van der Waals surface area contributed by atoms with Gasteiger partial charge in [0.25, 0.3) is 0 Å². The lowest BCUT2D eigenvalue weighted by Crippen LogP contribution is -2.07. The lowest BCUT2D eigenvalue weighted by Gasteiger charge is -2.08. The maximum absolute atomic E-state index is 10.9. The molecule has 0 aliphatic carbocycles. The second kappa shape index (κ2) is 6.16. The number of aryl methyl sites for hydroxylation is 1. The monoisotopic (exact) mass is 277 g/mol. The Labute approximate surface area is 115 Å². The van der Waals surface area contributed by atoms with Crippen molar-refractivity contribution in [1.29, 1.82) is 0 Å². The van der Waals surface area contributed by atoms with Crippen molar-refractivity contribution < 1.29 is 14.8 Å². The molecule has 20 heavy (non-hydrogen) atoms. The number of nitro benzene ring substituents is 1. The predicted octanol–water partition coefficient (Wildman–Crippen LogP) is 1.44. The molecule has 0 aliphatic rings. The number of nitrogens with zero attached hydrogens (tertiary/aromatic N) is 3. The summed E-state index contributed by atoms with van der Waals surface area (Å²) in [5, 5.41) is 20.0. The highest BCUT2D eigenvalue weighted by atomic mass is 16.6. The molecule has 1 heterocycles. The van der Waals surface area contributed by atoms with Crippen LogP contribution in [0.5, 0.6) is 5.75 Å². The number of aromatic nitrogens is 2. The van der Waals surface area contributed by atoms with Gasteiger partial charge >= 0.3 is 5.69 Å². The third kappa shape index (κ3) is 3.12. The van der Waals surface area contributed by atoms with Crippen LogP contribution in [0.4, 0.5) is 5.69 Å². The van der Waals surface area contributed by atoms with E-state index in [9.17, 15) is 10.1 Å². The van der Waals surface area contributed by atoms with Gasteiger partial charge in [-0.15, -0.1) is 0 Å². The van der Waals surface area contributed by atoms with Crippen molar-refractivity contribution in [3.05, 3.63) is 52.1 Å². The molecule has 106 valence electrons. The van der Waals surface area contributed by atoms with Gasteiger partial charge in [0.15, 0.2) is 5.75 Å². The van der Waals surface area contributed by atoms with E-state index in [0.717, 1.165) is 5.82 Å². The molecule has 0 amide bonds. The van der Waals surface area contributed by atoms with Gasteiger partial charge in [-0.2, -0.15) is 0 Å². The smallest absolute Gasteiger partial charge is 0.310 e. The largest absolute Gasteiger partial charge is 0.486 e. The number of ether oxygens (including phenoxy) is 1. The highest BCUT2D eigenvalue weighted by molar-refractivity contribution is 5.48. The molecular weight excluding hydrogens is 262 g/mol. The van der Waals surface area contributed by atoms with Crippen LogP contribution in [0.3, 0.4) is 0 Å². The van der Waals surface area contributed by atoms with E-state index in [0.29, 0.717) is 12.0 Å². The van der Waals surface area contributed by atoms with E-state index in [1.165, 1.54) is 18.2 Å². The summed E-state index contributed by atoms with van der Waals surface area (Å²) in [6.45, 7) is 0.0916. The molecule has 0 unspecified atom stereocenters. The molecular formula is C13H15N3O4. The molecule has 0 radical (unpaired) electrons. The first-order valence-electron chi connectivity index (χ1n) is 6.09. The van der Waals surface area contributed by atoms with E-state index in [4.69, 9.17) is 9.84 Å². The van der Waals surface area contributed by atoms with E-state index in [1.54, 1.807) is 6.20 Å². The molecule has 1 aromatic carbocycles. The van der Waals surface area contributed by atoms with E-state index >= 15 is 0 Å². The van der Waals surface area contributed by atoms with Crippen molar-refractivity contribution in [3.8, 4) is 5.75 Å². The Kier molecular flexibility index (Phi) is 4.31. The van der Waals surface area contributed by atoms with Gasteiger partial charge in [-0.05, 0) is 17.7 Å². The van der Waals surface area contributed by atoms with Crippen LogP contribution in [0.1, 0.15) is 11.4 Å². The van der Waals surface area contributed by atoms with E-state index in [2.05, 4.69) is 4.98 Å². The zero-order chi connectivity index (χ0) is 14.5. The molecule has 2 aromatic rings. The maximum atomic E-state index is 10.9. The molecule has 0 bridgehead atoms. The Morgan fingerprint density at radius 2 is 2.30 bits per heavy atom. The summed E-state index contributed by atoms with van der Waals surface area (Å²) in [6.07, 6.45) is 4.05. The van der Waals surface area contributed by atoms with Crippen molar-refractivity contribution in [2.24, 2.45) is 7.05 Å². The van der Waals surface area contributed by atoms with Crippen LogP contribution in [0.2, 0.25) is 0 Å². The first-order valence-corrected chi connectivity index (χ1v) is 6.09. The Morgan fingerprint density at radius 1 is 1.50 bits per heavy atom. The van der Waals surface area contributed by atoms with Crippen molar-refractivity contribution >= 4 is 5.69 Å².